The van der Waals surface area contributed by atoms with Gasteiger partial charge in [0.2, 0.25) is 0 Å². The SMILES string of the molecule is Cc1ccc(C)c(NCc2cnccc2C)c1. The number of aromatic nitrogens is 1. The van der Waals surface area contributed by atoms with Crippen molar-refractivity contribution in [1.82, 2.24) is 4.98 Å². The van der Waals surface area contributed by atoms with Gasteiger partial charge in [0.25, 0.3) is 0 Å². The Hall–Kier alpha value is -1.83. The highest BCUT2D eigenvalue weighted by Crippen LogP contribution is 2.17. The average Bonchev–Trinajstić information content (AvgIpc) is 2.32. The molecule has 1 N–H and O–H groups in total. The van der Waals surface area contributed by atoms with Crippen LogP contribution in [0.3, 0.4) is 0 Å². The van der Waals surface area contributed by atoms with Crippen molar-refractivity contribution < 1.29 is 0 Å². The summed E-state index contributed by atoms with van der Waals surface area (Å²) in [7, 11) is 0. The smallest absolute Gasteiger partial charge is 0.0418 e. The Bertz CT molecular complexity index is 518. The summed E-state index contributed by atoms with van der Waals surface area (Å²) in [5.41, 5.74) is 6.28. The van der Waals surface area contributed by atoms with Crippen molar-refractivity contribution in [2.75, 3.05) is 5.32 Å². The molecule has 0 aliphatic carbocycles. The summed E-state index contributed by atoms with van der Waals surface area (Å²) in [5.74, 6) is 0. The third-order valence-corrected chi connectivity index (χ3v) is 3.01. The van der Waals surface area contributed by atoms with E-state index in [0.717, 1.165) is 6.54 Å². The summed E-state index contributed by atoms with van der Waals surface area (Å²) in [5, 5.41) is 3.47. The van der Waals surface area contributed by atoms with Crippen LogP contribution in [0.25, 0.3) is 0 Å². The first-order valence-corrected chi connectivity index (χ1v) is 5.87. The summed E-state index contributed by atoms with van der Waals surface area (Å²) in [6, 6.07) is 8.50. The third-order valence-electron chi connectivity index (χ3n) is 3.01. The molecular weight excluding hydrogens is 208 g/mol. The molecule has 88 valence electrons. The van der Waals surface area contributed by atoms with Crippen LogP contribution in [0.15, 0.2) is 36.7 Å². The van der Waals surface area contributed by atoms with Gasteiger partial charge in [-0.05, 0) is 55.2 Å². The van der Waals surface area contributed by atoms with Gasteiger partial charge >= 0.3 is 0 Å². The Kier molecular flexibility index (Phi) is 3.43. The first-order valence-electron chi connectivity index (χ1n) is 5.87. The van der Waals surface area contributed by atoms with Crippen LogP contribution in [0.4, 0.5) is 5.69 Å². The molecule has 0 spiro atoms. The fourth-order valence-electron chi connectivity index (χ4n) is 1.80. The molecule has 0 aliphatic heterocycles. The zero-order valence-corrected chi connectivity index (χ0v) is 10.6. The van der Waals surface area contributed by atoms with E-state index in [0.29, 0.717) is 0 Å². The first-order chi connectivity index (χ1) is 8.16. The third kappa shape index (κ3) is 2.84. The van der Waals surface area contributed by atoms with Gasteiger partial charge < -0.3 is 5.32 Å². The summed E-state index contributed by atoms with van der Waals surface area (Å²) in [4.78, 5) is 4.16. The Morgan fingerprint density at radius 1 is 1.06 bits per heavy atom. The molecule has 1 aromatic heterocycles. The number of hydrogen-bond acceptors (Lipinski definition) is 2. The van der Waals surface area contributed by atoms with Gasteiger partial charge in [-0.15, -0.1) is 0 Å². The molecule has 0 fully saturated rings. The van der Waals surface area contributed by atoms with Crippen molar-refractivity contribution >= 4 is 5.69 Å². The molecule has 0 atom stereocenters. The van der Waals surface area contributed by atoms with E-state index in [1.165, 1.54) is 27.9 Å². The van der Waals surface area contributed by atoms with Gasteiger partial charge in [-0.2, -0.15) is 0 Å². The van der Waals surface area contributed by atoms with E-state index in [1.54, 1.807) is 0 Å². The lowest BCUT2D eigenvalue weighted by Crippen LogP contribution is -2.03. The van der Waals surface area contributed by atoms with E-state index in [2.05, 4.69) is 49.3 Å². The molecule has 0 radical (unpaired) electrons. The lowest BCUT2D eigenvalue weighted by molar-refractivity contribution is 1.08. The Morgan fingerprint density at radius 2 is 1.88 bits per heavy atom. The van der Waals surface area contributed by atoms with Crippen molar-refractivity contribution in [3.05, 3.63) is 58.9 Å². The van der Waals surface area contributed by atoms with Crippen molar-refractivity contribution in [3.8, 4) is 0 Å². The molecule has 2 aromatic rings. The minimum Gasteiger partial charge on any atom is -0.381 e. The maximum atomic E-state index is 4.16. The van der Waals surface area contributed by atoms with E-state index in [1.807, 2.05) is 18.5 Å². The molecule has 2 nitrogen and oxygen atoms in total. The number of anilines is 1. The van der Waals surface area contributed by atoms with Crippen LogP contribution in [0, 0.1) is 20.8 Å². The predicted molar refractivity (Wildman–Crippen MR) is 72.2 cm³/mol. The molecule has 17 heavy (non-hydrogen) atoms. The van der Waals surface area contributed by atoms with Crippen molar-refractivity contribution in [3.63, 3.8) is 0 Å². The highest BCUT2D eigenvalue weighted by atomic mass is 14.9. The van der Waals surface area contributed by atoms with Crippen molar-refractivity contribution in [1.29, 1.82) is 0 Å². The van der Waals surface area contributed by atoms with E-state index in [9.17, 15) is 0 Å². The van der Waals surface area contributed by atoms with Crippen LogP contribution in [-0.2, 0) is 6.54 Å². The number of hydrogen-bond donors (Lipinski definition) is 1. The second-order valence-electron chi connectivity index (χ2n) is 4.47. The Balaban J connectivity index is 2.12. The monoisotopic (exact) mass is 226 g/mol. The number of nitrogens with one attached hydrogen (secondary N) is 1. The molecule has 0 aliphatic rings. The number of benzene rings is 1. The first kappa shape index (κ1) is 11.6. The van der Waals surface area contributed by atoms with E-state index in [-0.39, 0.29) is 0 Å². The van der Waals surface area contributed by atoms with Crippen LogP contribution in [0.5, 0.6) is 0 Å². The quantitative estimate of drug-likeness (QED) is 0.864. The van der Waals surface area contributed by atoms with Gasteiger partial charge in [0.05, 0.1) is 0 Å². The fraction of sp³-hybridized carbons (Fsp3) is 0.267. The number of aryl methyl sites for hydroxylation is 3. The largest absolute Gasteiger partial charge is 0.381 e. The van der Waals surface area contributed by atoms with E-state index in [4.69, 9.17) is 0 Å². The lowest BCUT2D eigenvalue weighted by Gasteiger charge is -2.11. The second-order valence-corrected chi connectivity index (χ2v) is 4.47. The summed E-state index contributed by atoms with van der Waals surface area (Å²) in [6.07, 6.45) is 3.75. The molecule has 2 rings (SSSR count). The number of rotatable bonds is 3. The van der Waals surface area contributed by atoms with E-state index >= 15 is 0 Å². The van der Waals surface area contributed by atoms with Gasteiger partial charge in [-0.25, -0.2) is 0 Å². The molecule has 0 unspecified atom stereocenters. The normalized spacial score (nSPS) is 10.3. The van der Waals surface area contributed by atoms with Crippen molar-refractivity contribution in [2.24, 2.45) is 0 Å². The van der Waals surface area contributed by atoms with Gasteiger partial charge in [-0.1, -0.05) is 12.1 Å². The molecule has 2 heteroatoms. The van der Waals surface area contributed by atoms with Gasteiger partial charge in [0.15, 0.2) is 0 Å². The lowest BCUT2D eigenvalue weighted by atomic mass is 10.1. The maximum absolute atomic E-state index is 4.16. The second kappa shape index (κ2) is 5.00. The highest BCUT2D eigenvalue weighted by molar-refractivity contribution is 5.52. The fourth-order valence-corrected chi connectivity index (χ4v) is 1.80. The Morgan fingerprint density at radius 3 is 2.65 bits per heavy atom. The topological polar surface area (TPSA) is 24.9 Å². The van der Waals surface area contributed by atoms with Gasteiger partial charge in [-0.3, -0.25) is 4.98 Å². The van der Waals surface area contributed by atoms with Crippen LogP contribution in [0.2, 0.25) is 0 Å². The molecule has 0 bridgehead atoms. The minimum absolute atomic E-state index is 0.823. The zero-order chi connectivity index (χ0) is 12.3. The summed E-state index contributed by atoms with van der Waals surface area (Å²) in [6.45, 7) is 7.17. The van der Waals surface area contributed by atoms with Crippen LogP contribution >= 0.6 is 0 Å². The van der Waals surface area contributed by atoms with Crippen LogP contribution in [0.1, 0.15) is 22.3 Å². The summed E-state index contributed by atoms with van der Waals surface area (Å²) < 4.78 is 0. The standard InChI is InChI=1S/C15H18N2/c1-11-4-5-13(3)15(8-11)17-10-14-9-16-7-6-12(14)2/h4-9,17H,10H2,1-3H3. The molecule has 1 heterocycles. The Labute approximate surface area is 103 Å². The summed E-state index contributed by atoms with van der Waals surface area (Å²) >= 11 is 0. The molecule has 0 amide bonds. The number of pyridine rings is 1. The average molecular weight is 226 g/mol. The molecular formula is C15H18N2. The maximum Gasteiger partial charge on any atom is 0.0418 e. The van der Waals surface area contributed by atoms with Gasteiger partial charge in [0.1, 0.15) is 0 Å². The van der Waals surface area contributed by atoms with E-state index < -0.39 is 0 Å². The molecule has 1 aromatic carbocycles. The number of nitrogens with zero attached hydrogens (tertiary/aromatic N) is 1. The molecule has 0 saturated carbocycles. The highest BCUT2D eigenvalue weighted by Gasteiger charge is 2.00. The van der Waals surface area contributed by atoms with Crippen molar-refractivity contribution in [2.45, 2.75) is 27.3 Å². The minimum atomic E-state index is 0.823. The predicted octanol–water partition coefficient (Wildman–Crippen LogP) is 3.62. The van der Waals surface area contributed by atoms with Crippen LogP contribution < -0.4 is 5.32 Å². The molecule has 0 saturated heterocycles. The zero-order valence-electron chi connectivity index (χ0n) is 10.6. The van der Waals surface area contributed by atoms with Crippen LogP contribution in [-0.4, -0.2) is 4.98 Å². The van der Waals surface area contributed by atoms with Gasteiger partial charge in [0, 0.05) is 24.6 Å².